The summed E-state index contributed by atoms with van der Waals surface area (Å²) >= 11 is 12.5. The first-order valence-corrected chi connectivity index (χ1v) is 15.0. The Kier molecular flexibility index (Phi) is 9.53. The minimum atomic E-state index is -4.13. The molecule has 4 rings (SSSR count). The largest absolute Gasteiger partial charge is 0.352 e. The number of carbonyl (C=O) groups excluding carboxylic acids is 2. The van der Waals surface area contributed by atoms with Crippen LogP contribution in [0.25, 0.3) is 0 Å². The first kappa shape index (κ1) is 28.9. The van der Waals surface area contributed by atoms with Gasteiger partial charge in [0, 0.05) is 22.6 Å². The predicted octanol–water partition coefficient (Wildman–Crippen LogP) is 5.66. The molecule has 0 radical (unpaired) electrons. The van der Waals surface area contributed by atoms with Crippen LogP contribution in [-0.4, -0.2) is 43.8 Å². The van der Waals surface area contributed by atoms with Gasteiger partial charge in [-0.1, -0.05) is 72.4 Å². The highest BCUT2D eigenvalue weighted by Gasteiger charge is 2.33. The van der Waals surface area contributed by atoms with E-state index in [0.29, 0.717) is 15.6 Å². The maximum Gasteiger partial charge on any atom is 0.264 e. The molecule has 0 unspecified atom stereocenters. The highest BCUT2D eigenvalue weighted by atomic mass is 35.5. The van der Waals surface area contributed by atoms with Crippen LogP contribution in [0.1, 0.15) is 38.2 Å². The van der Waals surface area contributed by atoms with E-state index >= 15 is 0 Å². The number of nitrogens with one attached hydrogen (secondary N) is 1. The first-order valence-electron chi connectivity index (χ1n) is 12.8. The lowest BCUT2D eigenvalue weighted by Crippen LogP contribution is -2.52. The molecule has 2 amide bonds. The third-order valence-electron chi connectivity index (χ3n) is 6.89. The van der Waals surface area contributed by atoms with Crippen LogP contribution in [0.5, 0.6) is 0 Å². The number of carbonyl (C=O) groups is 2. The number of hydrogen-bond donors (Lipinski definition) is 1. The molecule has 39 heavy (non-hydrogen) atoms. The summed E-state index contributed by atoms with van der Waals surface area (Å²) in [6.45, 7) is 1.17. The zero-order valence-corrected chi connectivity index (χ0v) is 23.9. The van der Waals surface area contributed by atoms with Crippen molar-refractivity contribution in [1.29, 1.82) is 0 Å². The van der Waals surface area contributed by atoms with Gasteiger partial charge in [0.05, 0.1) is 10.6 Å². The quantitative estimate of drug-likeness (QED) is 0.331. The molecule has 206 valence electrons. The van der Waals surface area contributed by atoms with Gasteiger partial charge in [0.15, 0.2) is 0 Å². The Bertz CT molecular complexity index is 1400. The molecule has 0 spiro atoms. The Morgan fingerprint density at radius 3 is 2.18 bits per heavy atom. The van der Waals surface area contributed by atoms with E-state index in [2.05, 4.69) is 5.32 Å². The molecule has 1 N–H and O–H groups in total. The highest BCUT2D eigenvalue weighted by Crippen LogP contribution is 2.27. The average molecular weight is 589 g/mol. The van der Waals surface area contributed by atoms with E-state index < -0.39 is 28.5 Å². The van der Waals surface area contributed by atoms with Gasteiger partial charge < -0.3 is 10.2 Å². The summed E-state index contributed by atoms with van der Waals surface area (Å²) in [4.78, 5) is 28.6. The summed E-state index contributed by atoms with van der Waals surface area (Å²) in [5, 5.41) is 3.93. The summed E-state index contributed by atoms with van der Waals surface area (Å²) in [6, 6.07) is 20.4. The molecule has 0 bridgehead atoms. The van der Waals surface area contributed by atoms with Gasteiger partial charge in [-0.3, -0.25) is 13.9 Å². The topological polar surface area (TPSA) is 86.8 Å². The van der Waals surface area contributed by atoms with Gasteiger partial charge in [0.25, 0.3) is 10.0 Å². The molecular weight excluding hydrogens is 557 g/mol. The van der Waals surface area contributed by atoms with Crippen molar-refractivity contribution in [3.63, 3.8) is 0 Å². The number of sulfonamides is 1. The van der Waals surface area contributed by atoms with Crippen LogP contribution < -0.4 is 9.62 Å². The zero-order chi connectivity index (χ0) is 28.0. The summed E-state index contributed by atoms with van der Waals surface area (Å²) in [5.74, 6) is -0.829. The number of benzene rings is 3. The van der Waals surface area contributed by atoms with Crippen LogP contribution in [-0.2, 0) is 26.2 Å². The second kappa shape index (κ2) is 12.9. The summed E-state index contributed by atoms with van der Waals surface area (Å²) in [5.41, 5.74) is 0.925. The van der Waals surface area contributed by atoms with Crippen molar-refractivity contribution in [2.45, 2.75) is 56.1 Å². The Balaban J connectivity index is 1.68. The molecule has 3 aromatic rings. The van der Waals surface area contributed by atoms with Gasteiger partial charge in [-0.15, -0.1) is 0 Å². The van der Waals surface area contributed by atoms with Crippen LogP contribution in [0.15, 0.2) is 83.8 Å². The first-order chi connectivity index (χ1) is 18.7. The van der Waals surface area contributed by atoms with E-state index in [1.807, 2.05) is 0 Å². The molecule has 0 heterocycles. The van der Waals surface area contributed by atoms with Crippen molar-refractivity contribution < 1.29 is 18.0 Å². The van der Waals surface area contributed by atoms with Crippen LogP contribution in [0.2, 0.25) is 10.0 Å². The molecule has 0 aromatic heterocycles. The fraction of sp³-hybridized carbons (Fsp3) is 0.310. The van der Waals surface area contributed by atoms with Gasteiger partial charge in [-0.05, 0) is 67.8 Å². The molecule has 1 aliphatic rings. The Morgan fingerprint density at radius 2 is 1.54 bits per heavy atom. The predicted molar refractivity (Wildman–Crippen MR) is 154 cm³/mol. The van der Waals surface area contributed by atoms with Crippen LogP contribution in [0.3, 0.4) is 0 Å². The number of rotatable bonds is 10. The number of amides is 2. The van der Waals surface area contributed by atoms with Crippen molar-refractivity contribution in [1.82, 2.24) is 10.2 Å². The van der Waals surface area contributed by atoms with Gasteiger partial charge in [-0.2, -0.15) is 0 Å². The van der Waals surface area contributed by atoms with E-state index in [4.69, 9.17) is 23.2 Å². The van der Waals surface area contributed by atoms with E-state index in [9.17, 15) is 18.0 Å². The molecule has 1 fully saturated rings. The smallest absolute Gasteiger partial charge is 0.264 e. The standard InChI is InChI=1S/C29H31Cl2N3O4S/c1-21(29(36)32-24-10-6-7-11-24)33(19-22-9-5-8-14-27(22)31)28(35)20-34(25-17-15-23(30)16-18-25)39(37,38)26-12-3-2-4-13-26/h2-5,8-9,12-18,21,24H,6-7,10-11,19-20H2,1H3,(H,32,36)/t21-/m0/s1. The van der Waals surface area contributed by atoms with Gasteiger partial charge >= 0.3 is 0 Å². The van der Waals surface area contributed by atoms with E-state index in [0.717, 1.165) is 30.0 Å². The molecule has 0 saturated heterocycles. The second-order valence-electron chi connectivity index (χ2n) is 9.58. The Morgan fingerprint density at radius 1 is 0.923 bits per heavy atom. The zero-order valence-electron chi connectivity index (χ0n) is 21.6. The van der Waals surface area contributed by atoms with Gasteiger partial charge in [0.2, 0.25) is 11.8 Å². The SMILES string of the molecule is C[C@@H](C(=O)NC1CCCC1)N(Cc1ccccc1Cl)C(=O)CN(c1ccc(Cl)cc1)S(=O)(=O)c1ccccc1. The summed E-state index contributed by atoms with van der Waals surface area (Å²) in [6.07, 6.45) is 3.90. The molecular formula is C29H31Cl2N3O4S. The minimum Gasteiger partial charge on any atom is -0.352 e. The third-order valence-corrected chi connectivity index (χ3v) is 9.30. The van der Waals surface area contributed by atoms with Crippen molar-refractivity contribution in [2.24, 2.45) is 0 Å². The van der Waals surface area contributed by atoms with E-state index in [-0.39, 0.29) is 29.1 Å². The molecule has 7 nitrogen and oxygen atoms in total. The average Bonchev–Trinajstić information content (AvgIpc) is 3.45. The maximum atomic E-state index is 13.9. The monoisotopic (exact) mass is 587 g/mol. The van der Waals surface area contributed by atoms with Crippen molar-refractivity contribution >= 4 is 50.7 Å². The van der Waals surface area contributed by atoms with Crippen LogP contribution >= 0.6 is 23.2 Å². The van der Waals surface area contributed by atoms with Crippen LogP contribution in [0, 0.1) is 0 Å². The van der Waals surface area contributed by atoms with Crippen LogP contribution in [0.4, 0.5) is 5.69 Å². The fourth-order valence-electron chi connectivity index (χ4n) is 4.64. The number of nitrogens with zero attached hydrogens (tertiary/aromatic N) is 2. The number of halogens is 2. The maximum absolute atomic E-state index is 13.9. The summed E-state index contributed by atoms with van der Waals surface area (Å²) in [7, 11) is -4.13. The lowest BCUT2D eigenvalue weighted by Gasteiger charge is -2.32. The van der Waals surface area contributed by atoms with Gasteiger partial charge in [-0.25, -0.2) is 8.42 Å². The number of hydrogen-bond acceptors (Lipinski definition) is 4. The molecule has 0 aliphatic heterocycles. The normalized spacial score (nSPS) is 14.5. The highest BCUT2D eigenvalue weighted by molar-refractivity contribution is 7.92. The summed E-state index contributed by atoms with van der Waals surface area (Å²) < 4.78 is 28.5. The molecule has 1 atom stereocenters. The van der Waals surface area contributed by atoms with E-state index in [1.165, 1.54) is 17.0 Å². The van der Waals surface area contributed by atoms with E-state index in [1.54, 1.807) is 73.7 Å². The molecule has 3 aromatic carbocycles. The third kappa shape index (κ3) is 7.12. The number of anilines is 1. The Labute approximate surface area is 239 Å². The van der Waals surface area contributed by atoms with Crippen molar-refractivity contribution in [3.05, 3.63) is 94.5 Å². The van der Waals surface area contributed by atoms with Gasteiger partial charge in [0.1, 0.15) is 12.6 Å². The lowest BCUT2D eigenvalue weighted by molar-refractivity contribution is -0.139. The van der Waals surface area contributed by atoms with Crippen molar-refractivity contribution in [3.8, 4) is 0 Å². The lowest BCUT2D eigenvalue weighted by atomic mass is 10.1. The van der Waals surface area contributed by atoms with Crippen molar-refractivity contribution in [2.75, 3.05) is 10.8 Å². The second-order valence-corrected chi connectivity index (χ2v) is 12.3. The molecule has 10 heteroatoms. The molecule has 1 aliphatic carbocycles. The molecule has 1 saturated carbocycles. The Hall–Kier alpha value is -3.07. The minimum absolute atomic E-state index is 0.0393. The fourth-order valence-corrected chi connectivity index (χ4v) is 6.40.